The molecule has 0 unspecified atom stereocenters. The highest BCUT2D eigenvalue weighted by atomic mass is 16.5. The molecule has 1 amide bonds. The van der Waals surface area contributed by atoms with Crippen molar-refractivity contribution in [2.24, 2.45) is 10.6 Å². The Morgan fingerprint density at radius 1 is 1.03 bits per heavy atom. The number of methoxy groups -OCH3 is 1. The van der Waals surface area contributed by atoms with Gasteiger partial charge in [0.2, 0.25) is 0 Å². The van der Waals surface area contributed by atoms with Crippen molar-refractivity contribution in [1.29, 1.82) is 0 Å². The van der Waals surface area contributed by atoms with Crippen LogP contribution in [0, 0.1) is 10.3 Å². The monoisotopic (exact) mass is 429 g/mol. The lowest BCUT2D eigenvalue weighted by molar-refractivity contribution is -0.127. The molecule has 0 saturated carbocycles. The van der Waals surface area contributed by atoms with Crippen molar-refractivity contribution in [3.8, 4) is 0 Å². The molecular weight excluding hydrogens is 390 g/mol. The van der Waals surface area contributed by atoms with E-state index in [9.17, 15) is 14.5 Å². The molecule has 0 atom stereocenters. The average molecular weight is 430 g/mol. The predicted octanol–water partition coefficient (Wildman–Crippen LogP) is 2.76. The van der Waals surface area contributed by atoms with Crippen LogP contribution in [0.2, 0.25) is 0 Å². The number of ketones is 1. The molecule has 0 bridgehead atoms. The van der Waals surface area contributed by atoms with E-state index in [1.54, 1.807) is 0 Å². The Morgan fingerprint density at radius 2 is 1.63 bits per heavy atom. The Balaban J connectivity index is 0.000000340. The summed E-state index contributed by atoms with van der Waals surface area (Å²) in [5, 5.41) is 5.55. The lowest BCUT2D eigenvalue weighted by Crippen LogP contribution is -2.40. The summed E-state index contributed by atoms with van der Waals surface area (Å²) in [6, 6.07) is 0. The van der Waals surface area contributed by atoms with Gasteiger partial charge in [-0.25, -0.2) is 4.79 Å². The van der Waals surface area contributed by atoms with Gasteiger partial charge in [0.1, 0.15) is 5.78 Å². The average Bonchev–Trinajstić information content (AvgIpc) is 3.26. The van der Waals surface area contributed by atoms with Crippen LogP contribution in [0.4, 0.5) is 4.79 Å². The molecule has 30 heavy (non-hydrogen) atoms. The van der Waals surface area contributed by atoms with Crippen molar-refractivity contribution in [1.82, 2.24) is 10.2 Å². The summed E-state index contributed by atoms with van der Waals surface area (Å²) >= 11 is 0. The molecular formula is C21H39N3O6. The molecule has 0 aromatic heterocycles. The zero-order chi connectivity index (χ0) is 22.5. The number of Topliss-reactive ketones (excluding diaryl/α,β-unsaturated/α-hetero) is 1. The first-order valence-corrected chi connectivity index (χ1v) is 10.8. The van der Waals surface area contributed by atoms with Crippen LogP contribution in [-0.4, -0.2) is 82.0 Å². The van der Waals surface area contributed by atoms with E-state index in [4.69, 9.17) is 9.47 Å². The Labute approximate surface area is 180 Å². The van der Waals surface area contributed by atoms with Gasteiger partial charge in [0, 0.05) is 23.9 Å². The zero-order valence-corrected chi connectivity index (χ0v) is 19.0. The molecule has 2 aliphatic rings. The molecule has 2 aliphatic heterocycles. The molecule has 174 valence electrons. The Morgan fingerprint density at radius 3 is 2.17 bits per heavy atom. The molecule has 0 aliphatic carbocycles. The summed E-state index contributed by atoms with van der Waals surface area (Å²) in [5.74, 6) is 0.190. The van der Waals surface area contributed by atoms with E-state index in [1.165, 1.54) is 45.9 Å². The minimum atomic E-state index is -0.472. The maximum Gasteiger partial charge on any atom is 0.406 e. The van der Waals surface area contributed by atoms with E-state index in [-0.39, 0.29) is 16.7 Å². The summed E-state index contributed by atoms with van der Waals surface area (Å²) in [6.45, 7) is 10.7. The van der Waals surface area contributed by atoms with E-state index in [2.05, 4.69) is 20.1 Å². The van der Waals surface area contributed by atoms with Gasteiger partial charge in [-0.05, 0) is 38.8 Å². The summed E-state index contributed by atoms with van der Waals surface area (Å²) in [4.78, 5) is 34.9. The van der Waals surface area contributed by atoms with Crippen LogP contribution < -0.4 is 5.32 Å². The van der Waals surface area contributed by atoms with Gasteiger partial charge < -0.3 is 19.5 Å². The lowest BCUT2D eigenvalue weighted by atomic mass is 9.89. The number of hydrogen-bond donors (Lipinski definition) is 1. The molecule has 1 N–H and O–H groups in total. The number of alkyl carbamates (subject to hydrolysis) is 1. The number of nitroso groups, excluding NO2 is 1. The van der Waals surface area contributed by atoms with Gasteiger partial charge in [-0.1, -0.05) is 25.9 Å². The minimum Gasteiger partial charge on any atom is -0.453 e. The van der Waals surface area contributed by atoms with Gasteiger partial charge in [-0.2, -0.15) is 4.91 Å². The van der Waals surface area contributed by atoms with Crippen molar-refractivity contribution >= 4 is 11.9 Å². The van der Waals surface area contributed by atoms with Crippen LogP contribution >= 0.6 is 0 Å². The van der Waals surface area contributed by atoms with E-state index in [0.29, 0.717) is 45.9 Å². The van der Waals surface area contributed by atoms with Crippen molar-refractivity contribution in [2.45, 2.75) is 58.4 Å². The van der Waals surface area contributed by atoms with E-state index >= 15 is 0 Å². The molecule has 0 aromatic carbocycles. The molecule has 2 fully saturated rings. The van der Waals surface area contributed by atoms with Crippen LogP contribution in [-0.2, 0) is 19.0 Å². The maximum atomic E-state index is 11.6. The second-order valence-electron chi connectivity index (χ2n) is 8.77. The molecule has 9 heteroatoms. The van der Waals surface area contributed by atoms with Crippen LogP contribution in [0.5, 0.6) is 0 Å². The van der Waals surface area contributed by atoms with E-state index < -0.39 is 6.09 Å². The fraction of sp³-hybridized carbons (Fsp3) is 0.905. The number of carbonyl (C=O) groups excluding carboxylic acids is 2. The molecule has 0 aromatic rings. The van der Waals surface area contributed by atoms with Crippen LogP contribution in [0.15, 0.2) is 5.18 Å². The molecule has 2 saturated heterocycles. The minimum absolute atomic E-state index is 0.190. The zero-order valence-electron chi connectivity index (χ0n) is 19.0. The van der Waals surface area contributed by atoms with Crippen LogP contribution in [0.25, 0.3) is 0 Å². The summed E-state index contributed by atoms with van der Waals surface area (Å²) < 4.78 is 14.9. The highest BCUT2D eigenvalue weighted by molar-refractivity contribution is 5.83. The number of amides is 1. The smallest absolute Gasteiger partial charge is 0.406 e. The highest BCUT2D eigenvalue weighted by Gasteiger charge is 2.44. The number of ether oxygens (including phenoxy) is 3. The summed E-state index contributed by atoms with van der Waals surface area (Å²) in [6.07, 6.45) is 4.86. The standard InChI is InChI=1S/C13H25NO5.C8H14N2O/c1-13(2,3)11(15)5-7-18-9-10-19-8-6-14-12(16)17-4;11-9-7-8-3-1-5-10(8)6-2-4-8/h5-10H2,1-4H3,(H,14,16);1-7H2. The molecule has 0 spiro atoms. The van der Waals surface area contributed by atoms with Crippen molar-refractivity contribution in [3.63, 3.8) is 0 Å². The number of rotatable bonds is 11. The first-order chi connectivity index (χ1) is 14.2. The Bertz CT molecular complexity index is 525. The van der Waals surface area contributed by atoms with Crippen LogP contribution in [0.3, 0.4) is 0 Å². The van der Waals surface area contributed by atoms with Crippen molar-refractivity contribution in [2.75, 3.05) is 59.7 Å². The van der Waals surface area contributed by atoms with Gasteiger partial charge in [-0.15, -0.1) is 0 Å². The van der Waals surface area contributed by atoms with Gasteiger partial charge in [0.25, 0.3) is 0 Å². The van der Waals surface area contributed by atoms with Crippen molar-refractivity contribution in [3.05, 3.63) is 4.91 Å². The summed E-state index contributed by atoms with van der Waals surface area (Å²) in [7, 11) is 1.31. The Kier molecular flexibility index (Phi) is 12.1. The number of nitrogens with zero attached hydrogens (tertiary/aromatic N) is 2. The number of fused-ring (bicyclic) bond motifs is 1. The fourth-order valence-corrected chi connectivity index (χ4v) is 3.76. The second-order valence-corrected chi connectivity index (χ2v) is 8.77. The quantitative estimate of drug-likeness (QED) is 0.397. The maximum absolute atomic E-state index is 11.6. The first-order valence-electron chi connectivity index (χ1n) is 10.8. The summed E-state index contributed by atoms with van der Waals surface area (Å²) in [5.41, 5.74) is -0.0961. The number of hydrogen-bond acceptors (Lipinski definition) is 8. The van der Waals surface area contributed by atoms with Gasteiger partial charge in [0.05, 0.1) is 40.1 Å². The highest BCUT2D eigenvalue weighted by Crippen LogP contribution is 2.38. The van der Waals surface area contributed by atoms with Gasteiger partial charge in [0.15, 0.2) is 0 Å². The third-order valence-corrected chi connectivity index (χ3v) is 5.55. The topological polar surface area (TPSA) is 107 Å². The predicted molar refractivity (Wildman–Crippen MR) is 115 cm³/mol. The molecule has 2 heterocycles. The fourth-order valence-electron chi connectivity index (χ4n) is 3.76. The van der Waals surface area contributed by atoms with Gasteiger partial charge >= 0.3 is 6.09 Å². The van der Waals surface area contributed by atoms with Gasteiger partial charge in [-0.3, -0.25) is 9.69 Å². The Hall–Kier alpha value is -1.58. The molecule has 9 nitrogen and oxygen atoms in total. The largest absolute Gasteiger partial charge is 0.453 e. The van der Waals surface area contributed by atoms with E-state index in [0.717, 1.165) is 0 Å². The molecule has 2 rings (SSSR count). The van der Waals surface area contributed by atoms with Crippen LogP contribution in [0.1, 0.15) is 52.9 Å². The third-order valence-electron chi connectivity index (χ3n) is 5.55. The lowest BCUT2D eigenvalue weighted by Gasteiger charge is -2.28. The molecule has 0 radical (unpaired) electrons. The third kappa shape index (κ3) is 9.49. The number of nitrogens with one attached hydrogen (secondary N) is 1. The first kappa shape index (κ1) is 26.5. The number of carbonyl (C=O) groups is 2. The SMILES string of the molecule is COC(=O)NCCOCCOCCC(=O)C(C)(C)C.O=NCC12CCCN1CCC2. The van der Waals surface area contributed by atoms with Crippen molar-refractivity contribution < 1.29 is 23.8 Å². The second kappa shape index (κ2) is 13.7. The van der Waals surface area contributed by atoms with E-state index in [1.807, 2.05) is 20.8 Å². The normalized spacial score (nSPS) is 17.6.